The van der Waals surface area contributed by atoms with Gasteiger partial charge in [0.25, 0.3) is 5.91 Å². The number of halogens is 1. The number of amides is 1. The predicted octanol–water partition coefficient (Wildman–Crippen LogP) is 2.94. The lowest BCUT2D eigenvalue weighted by atomic mass is 10.1. The van der Waals surface area contributed by atoms with Gasteiger partial charge in [0.2, 0.25) is 0 Å². The number of nitrogens with zero attached hydrogens (tertiary/aromatic N) is 1. The van der Waals surface area contributed by atoms with Crippen LogP contribution < -0.4 is 0 Å². The number of hydrogen-bond acceptors (Lipinski definition) is 3. The molecule has 2 aromatic rings. The first kappa shape index (κ1) is 13.8. The monoisotopic (exact) mass is 289 g/mol. The summed E-state index contributed by atoms with van der Waals surface area (Å²) in [6, 6.07) is 7.87. The topological polar surface area (TPSA) is 42.7 Å². The van der Waals surface area contributed by atoms with E-state index in [1.165, 1.54) is 18.4 Å². The second kappa shape index (κ2) is 5.69. The molecule has 1 unspecified atom stereocenters. The number of rotatable bonds is 2. The number of furan rings is 1. The Kier molecular flexibility index (Phi) is 3.75. The van der Waals surface area contributed by atoms with Gasteiger partial charge < -0.3 is 14.1 Å². The zero-order valence-corrected chi connectivity index (χ0v) is 11.7. The van der Waals surface area contributed by atoms with Crippen molar-refractivity contribution in [1.82, 2.24) is 4.90 Å². The Morgan fingerprint density at radius 1 is 1.29 bits per heavy atom. The molecule has 0 spiro atoms. The van der Waals surface area contributed by atoms with Gasteiger partial charge in [0.1, 0.15) is 17.7 Å². The Bertz CT molecular complexity index is 635. The second-order valence-corrected chi connectivity index (χ2v) is 5.05. The average Bonchev–Trinajstić information content (AvgIpc) is 2.93. The molecule has 5 heteroatoms. The third-order valence-electron chi connectivity index (χ3n) is 3.68. The van der Waals surface area contributed by atoms with Gasteiger partial charge in [0.15, 0.2) is 0 Å². The fourth-order valence-electron chi connectivity index (χ4n) is 2.49. The standard InChI is InChI=1S/C16H16FNO3/c1-11-14(6-8-20-11)16(19)18-7-9-21-15(10-18)12-2-4-13(17)5-3-12/h2-6,8,15H,7,9-10H2,1H3. The van der Waals surface area contributed by atoms with Crippen LogP contribution in [0, 0.1) is 12.7 Å². The van der Waals surface area contributed by atoms with Gasteiger partial charge >= 0.3 is 0 Å². The van der Waals surface area contributed by atoms with E-state index in [1.807, 2.05) is 0 Å². The van der Waals surface area contributed by atoms with Crippen molar-refractivity contribution in [3.8, 4) is 0 Å². The van der Waals surface area contributed by atoms with E-state index in [4.69, 9.17) is 9.15 Å². The molecule has 1 atom stereocenters. The maximum absolute atomic E-state index is 13.0. The molecule has 2 heterocycles. The van der Waals surface area contributed by atoms with E-state index in [9.17, 15) is 9.18 Å². The maximum atomic E-state index is 13.0. The van der Waals surface area contributed by atoms with Gasteiger partial charge in [-0.3, -0.25) is 4.79 Å². The molecule has 0 N–H and O–H groups in total. The van der Waals surface area contributed by atoms with Crippen molar-refractivity contribution < 1.29 is 18.3 Å². The van der Waals surface area contributed by atoms with E-state index in [0.29, 0.717) is 31.0 Å². The molecular weight excluding hydrogens is 273 g/mol. The molecule has 4 nitrogen and oxygen atoms in total. The summed E-state index contributed by atoms with van der Waals surface area (Å²) in [5.74, 6) is 0.276. The van der Waals surface area contributed by atoms with Crippen molar-refractivity contribution in [2.45, 2.75) is 13.0 Å². The highest BCUT2D eigenvalue weighted by Gasteiger charge is 2.27. The van der Waals surface area contributed by atoms with Crippen LogP contribution in [0.15, 0.2) is 41.0 Å². The highest BCUT2D eigenvalue weighted by molar-refractivity contribution is 5.95. The first-order chi connectivity index (χ1) is 10.1. The molecule has 3 rings (SSSR count). The van der Waals surface area contributed by atoms with E-state index >= 15 is 0 Å². The summed E-state index contributed by atoms with van der Waals surface area (Å²) in [7, 11) is 0. The van der Waals surface area contributed by atoms with Crippen molar-refractivity contribution in [3.05, 3.63) is 59.3 Å². The van der Waals surface area contributed by atoms with Crippen LogP contribution in [0.25, 0.3) is 0 Å². The largest absolute Gasteiger partial charge is 0.469 e. The minimum absolute atomic E-state index is 0.0586. The molecule has 0 radical (unpaired) electrons. The Morgan fingerprint density at radius 3 is 2.71 bits per heavy atom. The van der Waals surface area contributed by atoms with Crippen LogP contribution in [0.1, 0.15) is 27.8 Å². The normalized spacial score (nSPS) is 18.8. The fourth-order valence-corrected chi connectivity index (χ4v) is 2.49. The Morgan fingerprint density at radius 2 is 2.05 bits per heavy atom. The average molecular weight is 289 g/mol. The van der Waals surface area contributed by atoms with Crippen molar-refractivity contribution in [3.63, 3.8) is 0 Å². The molecule has 1 aliphatic heterocycles. The lowest BCUT2D eigenvalue weighted by Crippen LogP contribution is -2.42. The molecular formula is C16H16FNO3. The highest BCUT2D eigenvalue weighted by atomic mass is 19.1. The lowest BCUT2D eigenvalue weighted by molar-refractivity contribution is -0.0229. The number of morpholine rings is 1. The smallest absolute Gasteiger partial charge is 0.257 e. The molecule has 1 fully saturated rings. The first-order valence-corrected chi connectivity index (χ1v) is 6.85. The molecule has 0 bridgehead atoms. The van der Waals surface area contributed by atoms with Crippen molar-refractivity contribution in [2.24, 2.45) is 0 Å². The summed E-state index contributed by atoms with van der Waals surface area (Å²) in [5.41, 5.74) is 1.45. The molecule has 0 saturated carbocycles. The zero-order valence-electron chi connectivity index (χ0n) is 11.7. The molecule has 1 saturated heterocycles. The minimum atomic E-state index is -0.281. The molecule has 1 aromatic heterocycles. The van der Waals surface area contributed by atoms with Crippen LogP contribution in [-0.2, 0) is 4.74 Å². The number of ether oxygens (including phenoxy) is 1. The van der Waals surface area contributed by atoms with Gasteiger partial charge in [-0.25, -0.2) is 4.39 Å². The number of aryl methyl sites for hydroxylation is 1. The van der Waals surface area contributed by atoms with Gasteiger partial charge in [0.05, 0.1) is 25.0 Å². The van der Waals surface area contributed by atoms with Crippen LogP contribution in [0.4, 0.5) is 4.39 Å². The quantitative estimate of drug-likeness (QED) is 0.853. The van der Waals surface area contributed by atoms with E-state index in [2.05, 4.69) is 0 Å². The van der Waals surface area contributed by atoms with E-state index in [1.54, 1.807) is 30.0 Å². The van der Waals surface area contributed by atoms with E-state index < -0.39 is 0 Å². The SMILES string of the molecule is Cc1occc1C(=O)N1CCOC(c2ccc(F)cc2)C1. The van der Waals surface area contributed by atoms with Crippen LogP contribution in [-0.4, -0.2) is 30.5 Å². The molecule has 21 heavy (non-hydrogen) atoms. The van der Waals surface area contributed by atoms with Gasteiger partial charge in [-0.2, -0.15) is 0 Å². The third kappa shape index (κ3) is 2.83. The summed E-state index contributed by atoms with van der Waals surface area (Å²) in [4.78, 5) is 14.2. The Labute approximate surface area is 122 Å². The number of hydrogen-bond donors (Lipinski definition) is 0. The van der Waals surface area contributed by atoms with Crippen LogP contribution in [0.5, 0.6) is 0 Å². The fraction of sp³-hybridized carbons (Fsp3) is 0.312. The number of benzene rings is 1. The summed E-state index contributed by atoms with van der Waals surface area (Å²) in [6.45, 7) is 3.23. The van der Waals surface area contributed by atoms with Crippen LogP contribution in [0.2, 0.25) is 0 Å². The zero-order chi connectivity index (χ0) is 14.8. The second-order valence-electron chi connectivity index (χ2n) is 5.05. The lowest BCUT2D eigenvalue weighted by Gasteiger charge is -2.33. The van der Waals surface area contributed by atoms with Crippen LogP contribution >= 0.6 is 0 Å². The number of carbonyl (C=O) groups excluding carboxylic acids is 1. The summed E-state index contributed by atoms with van der Waals surface area (Å²) in [5, 5.41) is 0. The molecule has 1 aliphatic rings. The van der Waals surface area contributed by atoms with Gasteiger partial charge in [-0.15, -0.1) is 0 Å². The molecule has 1 amide bonds. The van der Waals surface area contributed by atoms with Crippen molar-refractivity contribution in [1.29, 1.82) is 0 Å². The molecule has 110 valence electrons. The van der Waals surface area contributed by atoms with Gasteiger partial charge in [0, 0.05) is 6.54 Å². The van der Waals surface area contributed by atoms with Gasteiger partial charge in [-0.05, 0) is 30.7 Å². The van der Waals surface area contributed by atoms with Gasteiger partial charge in [-0.1, -0.05) is 12.1 Å². The van der Waals surface area contributed by atoms with Crippen molar-refractivity contribution in [2.75, 3.05) is 19.7 Å². The van der Waals surface area contributed by atoms with Crippen LogP contribution in [0.3, 0.4) is 0 Å². The Balaban J connectivity index is 1.75. The molecule has 0 aliphatic carbocycles. The maximum Gasteiger partial charge on any atom is 0.257 e. The predicted molar refractivity (Wildman–Crippen MR) is 74.4 cm³/mol. The summed E-state index contributed by atoms with van der Waals surface area (Å²) < 4.78 is 23.8. The van der Waals surface area contributed by atoms with E-state index in [-0.39, 0.29) is 17.8 Å². The summed E-state index contributed by atoms with van der Waals surface area (Å²) in [6.07, 6.45) is 1.29. The Hall–Kier alpha value is -2.14. The van der Waals surface area contributed by atoms with E-state index in [0.717, 1.165) is 5.56 Å². The highest BCUT2D eigenvalue weighted by Crippen LogP contribution is 2.24. The van der Waals surface area contributed by atoms with Crippen molar-refractivity contribution >= 4 is 5.91 Å². The molecule has 1 aromatic carbocycles. The first-order valence-electron chi connectivity index (χ1n) is 6.85. The number of carbonyl (C=O) groups is 1. The minimum Gasteiger partial charge on any atom is -0.469 e. The third-order valence-corrected chi connectivity index (χ3v) is 3.68. The summed E-state index contributed by atoms with van der Waals surface area (Å²) >= 11 is 0.